The minimum Gasteiger partial charge on any atom is -0.276 e. The Morgan fingerprint density at radius 1 is 1.64 bits per heavy atom. The van der Waals surface area contributed by atoms with Gasteiger partial charge in [-0.2, -0.15) is 0 Å². The van der Waals surface area contributed by atoms with Crippen LogP contribution in [0.1, 0.15) is 6.42 Å². The van der Waals surface area contributed by atoms with Crippen molar-refractivity contribution < 1.29 is 18.1 Å². The molecule has 6 heteroatoms. The van der Waals surface area contributed by atoms with Crippen molar-refractivity contribution in [3.63, 3.8) is 0 Å². The lowest BCUT2D eigenvalue weighted by Gasteiger charge is -2.37. The Morgan fingerprint density at radius 3 is 3.00 bits per heavy atom. The molecule has 4 saturated heterocycles. The average molecular weight is 177 g/mol. The summed E-state index contributed by atoms with van der Waals surface area (Å²) < 4.78 is 26.4. The topological polar surface area (TPSA) is 48.0 Å². The van der Waals surface area contributed by atoms with E-state index in [1.807, 2.05) is 11.9 Å². The molecule has 1 unspecified atom stereocenters. The molecule has 0 amide bonds. The maximum atomic E-state index is 11.1. The summed E-state index contributed by atoms with van der Waals surface area (Å²) in [4.78, 5) is 1.89. The van der Waals surface area contributed by atoms with Gasteiger partial charge in [-0.15, -0.1) is 0 Å². The monoisotopic (exact) mass is 177 g/mol. The van der Waals surface area contributed by atoms with Crippen molar-refractivity contribution in [3.05, 3.63) is 0 Å². The molecule has 0 aliphatic carbocycles. The number of phosphoric acid groups is 1. The normalized spacial score (nSPS) is 61.0. The molecule has 5 nitrogen and oxygen atoms in total. The maximum absolute atomic E-state index is 11.1. The third-order valence-corrected chi connectivity index (χ3v) is 3.89. The minimum absolute atomic E-state index is 0.140. The van der Waals surface area contributed by atoms with Gasteiger partial charge < -0.3 is 0 Å². The minimum atomic E-state index is -3.07. The van der Waals surface area contributed by atoms with Crippen LogP contribution < -0.4 is 0 Å². The molecule has 4 heterocycles. The number of phosphoric ester groups is 1. The molecule has 4 aliphatic heterocycles. The van der Waals surface area contributed by atoms with Gasteiger partial charge in [0.15, 0.2) is 0 Å². The number of hydrogen-bond donors (Lipinski definition) is 0. The SMILES string of the molecule is CN1CCC2OP3(=O)OC21O3. The zero-order valence-corrected chi connectivity index (χ0v) is 6.91. The molecule has 0 saturated carbocycles. The number of hydrogen-bond acceptors (Lipinski definition) is 5. The van der Waals surface area contributed by atoms with Crippen molar-refractivity contribution in [2.75, 3.05) is 13.6 Å². The van der Waals surface area contributed by atoms with Gasteiger partial charge in [0, 0.05) is 6.54 Å². The zero-order chi connectivity index (χ0) is 7.69. The molecular weight excluding hydrogens is 169 g/mol. The number of rotatable bonds is 0. The highest BCUT2D eigenvalue weighted by Gasteiger charge is 2.75. The molecule has 0 aromatic heterocycles. The summed E-state index contributed by atoms with van der Waals surface area (Å²) in [6.45, 7) is 0.866. The molecule has 0 radical (unpaired) electrons. The second-order valence-electron chi connectivity index (χ2n) is 3.06. The fourth-order valence-electron chi connectivity index (χ4n) is 1.80. The van der Waals surface area contributed by atoms with Gasteiger partial charge >= 0.3 is 7.82 Å². The Balaban J connectivity index is 2.04. The van der Waals surface area contributed by atoms with Crippen LogP contribution in [0.15, 0.2) is 0 Å². The van der Waals surface area contributed by atoms with Gasteiger partial charge in [0.25, 0.3) is 5.91 Å². The highest BCUT2D eigenvalue weighted by atomic mass is 31.2. The predicted molar refractivity (Wildman–Crippen MR) is 34.6 cm³/mol. The van der Waals surface area contributed by atoms with E-state index in [9.17, 15) is 4.57 Å². The molecule has 11 heavy (non-hydrogen) atoms. The summed E-state index contributed by atoms with van der Waals surface area (Å²) in [5, 5.41) is 0. The van der Waals surface area contributed by atoms with Gasteiger partial charge in [-0.25, -0.2) is 13.6 Å². The van der Waals surface area contributed by atoms with Gasteiger partial charge in [0.05, 0.1) is 0 Å². The highest BCUT2D eigenvalue weighted by Crippen LogP contribution is 2.76. The first-order chi connectivity index (χ1) is 5.15. The number of nitrogens with zero attached hydrogens (tertiary/aromatic N) is 1. The Labute approximate surface area is 63.8 Å². The van der Waals surface area contributed by atoms with E-state index >= 15 is 0 Å². The Morgan fingerprint density at radius 2 is 2.36 bits per heavy atom. The molecule has 1 spiro atoms. The van der Waals surface area contributed by atoms with E-state index in [1.165, 1.54) is 0 Å². The lowest BCUT2D eigenvalue weighted by Crippen LogP contribution is -2.51. The summed E-state index contributed by atoms with van der Waals surface area (Å²) in [6.07, 6.45) is 0.693. The van der Waals surface area contributed by atoms with E-state index in [-0.39, 0.29) is 6.10 Å². The van der Waals surface area contributed by atoms with Crippen molar-refractivity contribution in [3.8, 4) is 0 Å². The van der Waals surface area contributed by atoms with Gasteiger partial charge in [-0.1, -0.05) is 0 Å². The van der Waals surface area contributed by atoms with Crippen LogP contribution in [0, 0.1) is 0 Å². The molecule has 4 fully saturated rings. The molecule has 1 atom stereocenters. The van der Waals surface area contributed by atoms with Crippen molar-refractivity contribution >= 4 is 7.82 Å². The van der Waals surface area contributed by atoms with E-state index in [0.29, 0.717) is 0 Å². The van der Waals surface area contributed by atoms with E-state index in [2.05, 4.69) is 0 Å². The van der Waals surface area contributed by atoms with Crippen LogP contribution in [0.2, 0.25) is 0 Å². The molecule has 2 bridgehead atoms. The second-order valence-corrected chi connectivity index (χ2v) is 4.54. The first-order valence-corrected chi connectivity index (χ1v) is 5.02. The predicted octanol–water partition coefficient (Wildman–Crippen LogP) is 0.529. The third kappa shape index (κ3) is 0.565. The molecule has 4 aliphatic rings. The van der Waals surface area contributed by atoms with Crippen molar-refractivity contribution in [1.29, 1.82) is 0 Å². The third-order valence-electron chi connectivity index (χ3n) is 2.41. The van der Waals surface area contributed by atoms with E-state index in [0.717, 1.165) is 13.0 Å². The van der Waals surface area contributed by atoms with Crippen LogP contribution in [0.4, 0.5) is 0 Å². The summed E-state index contributed by atoms with van der Waals surface area (Å²) in [5.41, 5.74) is 0. The Hall–Kier alpha value is 0.0700. The summed E-state index contributed by atoms with van der Waals surface area (Å²) in [7, 11) is -1.19. The van der Waals surface area contributed by atoms with Gasteiger partial charge in [-0.3, -0.25) is 9.42 Å². The van der Waals surface area contributed by atoms with Crippen molar-refractivity contribution in [1.82, 2.24) is 4.90 Å². The fourth-order valence-corrected chi connectivity index (χ4v) is 3.60. The second kappa shape index (κ2) is 1.56. The summed E-state index contributed by atoms with van der Waals surface area (Å²) in [5.74, 6) is -0.782. The largest absolute Gasteiger partial charge is 0.482 e. The van der Waals surface area contributed by atoms with E-state index in [4.69, 9.17) is 13.6 Å². The Bertz CT molecular complexity index is 257. The van der Waals surface area contributed by atoms with Crippen LogP contribution in [-0.4, -0.2) is 30.5 Å². The van der Waals surface area contributed by atoms with E-state index in [1.54, 1.807) is 0 Å². The van der Waals surface area contributed by atoms with Crippen LogP contribution in [0.3, 0.4) is 0 Å². The standard InChI is InChI=1S/C5H8NO4P/c1-6-3-2-4-5(6)9-11(7,8-4)10-5/h4H,2-3H2,1H3. The highest BCUT2D eigenvalue weighted by molar-refractivity contribution is 7.50. The number of likely N-dealkylation sites (N-methyl/N-ethyl adjacent to an activating group) is 1. The summed E-state index contributed by atoms with van der Waals surface area (Å²) >= 11 is 0. The van der Waals surface area contributed by atoms with Crippen molar-refractivity contribution in [2.24, 2.45) is 0 Å². The lowest BCUT2D eigenvalue weighted by atomic mass is 10.3. The van der Waals surface area contributed by atoms with Crippen LogP contribution >= 0.6 is 7.82 Å². The molecule has 62 valence electrons. The first-order valence-electron chi connectivity index (χ1n) is 3.56. The van der Waals surface area contributed by atoms with Gasteiger partial charge in [0.2, 0.25) is 0 Å². The Kier molecular flexibility index (Phi) is 0.930. The molecular formula is C5H8NO4P. The van der Waals surface area contributed by atoms with Gasteiger partial charge in [-0.05, 0) is 13.5 Å². The smallest absolute Gasteiger partial charge is 0.276 e. The molecule has 4 rings (SSSR count). The van der Waals surface area contributed by atoms with E-state index < -0.39 is 13.7 Å². The van der Waals surface area contributed by atoms with Crippen molar-refractivity contribution in [2.45, 2.75) is 18.4 Å². The summed E-state index contributed by atoms with van der Waals surface area (Å²) in [6, 6.07) is 0. The molecule has 0 aromatic carbocycles. The van der Waals surface area contributed by atoms with Crippen LogP contribution in [-0.2, 0) is 18.1 Å². The number of likely N-dealkylation sites (tertiary alicyclic amines) is 1. The quantitative estimate of drug-likeness (QED) is 0.505. The van der Waals surface area contributed by atoms with Crippen LogP contribution in [0.5, 0.6) is 0 Å². The van der Waals surface area contributed by atoms with Crippen LogP contribution in [0.25, 0.3) is 0 Å². The lowest BCUT2D eigenvalue weighted by molar-refractivity contribution is -0.249. The zero-order valence-electron chi connectivity index (χ0n) is 6.02. The molecule has 0 N–H and O–H groups in total. The van der Waals surface area contributed by atoms with Gasteiger partial charge in [0.1, 0.15) is 6.10 Å². The first kappa shape index (κ1) is 6.57. The molecule has 0 aromatic rings. The maximum Gasteiger partial charge on any atom is 0.482 e. The fraction of sp³-hybridized carbons (Fsp3) is 1.00. The average Bonchev–Trinajstić information content (AvgIpc) is 2.37.